The van der Waals surface area contributed by atoms with Crippen LogP contribution in [0.1, 0.15) is 27.7 Å². The van der Waals surface area contributed by atoms with Crippen LogP contribution in [0.3, 0.4) is 0 Å². The van der Waals surface area contributed by atoms with E-state index in [9.17, 15) is 4.79 Å². The van der Waals surface area contributed by atoms with Crippen LogP contribution in [0.5, 0.6) is 0 Å². The molecule has 3 heteroatoms. The van der Waals surface area contributed by atoms with Crippen molar-refractivity contribution in [2.75, 3.05) is 19.6 Å². The van der Waals surface area contributed by atoms with Crippen molar-refractivity contribution in [1.29, 1.82) is 0 Å². The van der Waals surface area contributed by atoms with Gasteiger partial charge in [-0.3, -0.25) is 4.79 Å². The molecular weight excluding hydrogens is 164 g/mol. The van der Waals surface area contributed by atoms with E-state index < -0.39 is 0 Å². The first-order valence-corrected chi connectivity index (χ1v) is 4.94. The Bertz CT molecular complexity index is 196. The molecule has 1 atom stereocenters. The molecule has 0 aromatic carbocycles. The van der Waals surface area contributed by atoms with E-state index in [1.165, 1.54) is 0 Å². The Morgan fingerprint density at radius 1 is 1.46 bits per heavy atom. The monoisotopic (exact) mass is 184 g/mol. The Labute approximate surface area is 80.5 Å². The average Bonchev–Trinajstić information content (AvgIpc) is 2.01. The van der Waals surface area contributed by atoms with Crippen LogP contribution in [0.25, 0.3) is 0 Å². The van der Waals surface area contributed by atoms with Gasteiger partial charge < -0.3 is 10.2 Å². The van der Waals surface area contributed by atoms with Gasteiger partial charge in [0.15, 0.2) is 0 Å². The number of carbonyl (C=O) groups is 1. The number of carbonyl (C=O) groups excluding carboxylic acids is 1. The summed E-state index contributed by atoms with van der Waals surface area (Å²) in [5, 5.41) is 3.32. The number of nitrogens with zero attached hydrogens (tertiary/aromatic N) is 1. The SMILES string of the molecule is CC1CN(C(=O)C(C)(C)C)CCN1. The molecule has 1 rings (SSSR count). The highest BCUT2D eigenvalue weighted by atomic mass is 16.2. The quantitative estimate of drug-likeness (QED) is 0.605. The molecule has 0 aromatic rings. The second-order valence-electron chi connectivity index (χ2n) is 4.86. The van der Waals surface area contributed by atoms with Gasteiger partial charge in [0.1, 0.15) is 0 Å². The van der Waals surface area contributed by atoms with Crippen molar-refractivity contribution in [2.45, 2.75) is 33.7 Å². The highest BCUT2D eigenvalue weighted by Crippen LogP contribution is 2.18. The largest absolute Gasteiger partial charge is 0.339 e. The van der Waals surface area contributed by atoms with Crippen LogP contribution < -0.4 is 5.32 Å². The first-order valence-electron chi connectivity index (χ1n) is 4.94. The van der Waals surface area contributed by atoms with Crippen molar-refractivity contribution in [1.82, 2.24) is 10.2 Å². The third-order valence-electron chi connectivity index (χ3n) is 2.30. The van der Waals surface area contributed by atoms with E-state index in [2.05, 4.69) is 12.2 Å². The molecule has 0 bridgehead atoms. The van der Waals surface area contributed by atoms with Gasteiger partial charge in [-0.25, -0.2) is 0 Å². The minimum Gasteiger partial charge on any atom is -0.339 e. The molecule has 0 aromatic heterocycles. The first-order chi connectivity index (χ1) is 5.91. The first kappa shape index (κ1) is 10.5. The third kappa shape index (κ3) is 2.69. The Morgan fingerprint density at radius 3 is 2.54 bits per heavy atom. The van der Waals surface area contributed by atoms with Gasteiger partial charge in [0.05, 0.1) is 0 Å². The highest BCUT2D eigenvalue weighted by molar-refractivity contribution is 5.81. The summed E-state index contributed by atoms with van der Waals surface area (Å²) in [5.41, 5.74) is -0.239. The van der Waals surface area contributed by atoms with E-state index >= 15 is 0 Å². The van der Waals surface area contributed by atoms with Gasteiger partial charge in [-0.2, -0.15) is 0 Å². The topological polar surface area (TPSA) is 32.3 Å². The van der Waals surface area contributed by atoms with Gasteiger partial charge in [-0.15, -0.1) is 0 Å². The number of nitrogens with one attached hydrogen (secondary N) is 1. The van der Waals surface area contributed by atoms with Gasteiger partial charge in [-0.05, 0) is 6.92 Å². The normalized spacial score (nSPS) is 24.6. The zero-order chi connectivity index (χ0) is 10.1. The van der Waals surface area contributed by atoms with Gasteiger partial charge >= 0.3 is 0 Å². The summed E-state index contributed by atoms with van der Waals surface area (Å²) >= 11 is 0. The van der Waals surface area contributed by atoms with Gasteiger partial charge in [0.25, 0.3) is 0 Å². The van der Waals surface area contributed by atoms with E-state index in [0.29, 0.717) is 6.04 Å². The Balaban J connectivity index is 2.56. The second kappa shape index (κ2) is 3.66. The van der Waals surface area contributed by atoms with E-state index in [-0.39, 0.29) is 11.3 Å². The maximum Gasteiger partial charge on any atom is 0.228 e. The lowest BCUT2D eigenvalue weighted by molar-refractivity contribution is -0.140. The molecule has 1 heterocycles. The van der Waals surface area contributed by atoms with Gasteiger partial charge in [-0.1, -0.05) is 20.8 Å². The van der Waals surface area contributed by atoms with Crippen molar-refractivity contribution in [3.8, 4) is 0 Å². The van der Waals surface area contributed by atoms with Gasteiger partial charge in [0, 0.05) is 31.1 Å². The van der Waals surface area contributed by atoms with Crippen molar-refractivity contribution >= 4 is 5.91 Å². The molecule has 1 N–H and O–H groups in total. The zero-order valence-electron chi connectivity index (χ0n) is 9.05. The second-order valence-corrected chi connectivity index (χ2v) is 4.86. The van der Waals surface area contributed by atoms with Crippen LogP contribution in [-0.4, -0.2) is 36.5 Å². The molecule has 1 unspecified atom stereocenters. The van der Waals surface area contributed by atoms with E-state index in [1.807, 2.05) is 25.7 Å². The van der Waals surface area contributed by atoms with E-state index in [1.54, 1.807) is 0 Å². The summed E-state index contributed by atoms with van der Waals surface area (Å²) in [5.74, 6) is 0.265. The number of piperazine rings is 1. The minimum absolute atomic E-state index is 0.239. The highest BCUT2D eigenvalue weighted by Gasteiger charge is 2.29. The number of hydrogen-bond donors (Lipinski definition) is 1. The van der Waals surface area contributed by atoms with Crippen molar-refractivity contribution in [3.63, 3.8) is 0 Å². The molecule has 1 aliphatic rings. The van der Waals surface area contributed by atoms with Gasteiger partial charge in [0.2, 0.25) is 5.91 Å². The van der Waals surface area contributed by atoms with Crippen molar-refractivity contribution in [2.24, 2.45) is 5.41 Å². The Hall–Kier alpha value is -0.570. The van der Waals surface area contributed by atoms with Crippen LogP contribution >= 0.6 is 0 Å². The smallest absolute Gasteiger partial charge is 0.228 e. The van der Waals surface area contributed by atoms with E-state index in [0.717, 1.165) is 19.6 Å². The fourth-order valence-electron chi connectivity index (χ4n) is 1.59. The Kier molecular flexibility index (Phi) is 2.96. The molecule has 0 aliphatic carbocycles. The molecule has 3 nitrogen and oxygen atoms in total. The summed E-state index contributed by atoms with van der Waals surface area (Å²) in [6, 6.07) is 0.431. The van der Waals surface area contributed by atoms with Crippen LogP contribution in [0, 0.1) is 5.41 Å². The summed E-state index contributed by atoms with van der Waals surface area (Å²) < 4.78 is 0. The molecule has 76 valence electrons. The molecule has 0 radical (unpaired) electrons. The average molecular weight is 184 g/mol. The lowest BCUT2D eigenvalue weighted by Crippen LogP contribution is -2.53. The minimum atomic E-state index is -0.239. The lowest BCUT2D eigenvalue weighted by atomic mass is 9.94. The van der Waals surface area contributed by atoms with Crippen molar-refractivity contribution < 1.29 is 4.79 Å². The fourth-order valence-corrected chi connectivity index (χ4v) is 1.59. The van der Waals surface area contributed by atoms with Crippen LogP contribution in [0.4, 0.5) is 0 Å². The fraction of sp³-hybridized carbons (Fsp3) is 0.900. The van der Waals surface area contributed by atoms with Crippen molar-refractivity contribution in [3.05, 3.63) is 0 Å². The Morgan fingerprint density at radius 2 is 2.08 bits per heavy atom. The molecule has 0 saturated carbocycles. The van der Waals surface area contributed by atoms with Crippen LogP contribution in [-0.2, 0) is 4.79 Å². The lowest BCUT2D eigenvalue weighted by Gasteiger charge is -2.35. The molecule has 13 heavy (non-hydrogen) atoms. The number of rotatable bonds is 0. The summed E-state index contributed by atoms with van der Waals surface area (Å²) in [6.07, 6.45) is 0. The maximum atomic E-state index is 11.9. The van der Waals surface area contributed by atoms with E-state index in [4.69, 9.17) is 0 Å². The summed E-state index contributed by atoms with van der Waals surface area (Å²) in [6.45, 7) is 10.6. The number of amides is 1. The van der Waals surface area contributed by atoms with Crippen LogP contribution in [0.2, 0.25) is 0 Å². The molecule has 1 amide bonds. The molecule has 1 saturated heterocycles. The summed E-state index contributed by atoms with van der Waals surface area (Å²) in [4.78, 5) is 13.8. The predicted molar refractivity (Wildman–Crippen MR) is 53.5 cm³/mol. The predicted octanol–water partition coefficient (Wildman–Crippen LogP) is 0.853. The van der Waals surface area contributed by atoms with Crippen LogP contribution in [0.15, 0.2) is 0 Å². The standard InChI is InChI=1S/C10H20N2O/c1-8-7-12(6-5-11-8)9(13)10(2,3)4/h8,11H,5-7H2,1-4H3. The zero-order valence-corrected chi connectivity index (χ0v) is 9.05. The maximum absolute atomic E-state index is 11.9. The molecule has 0 spiro atoms. The number of hydrogen-bond acceptors (Lipinski definition) is 2. The summed E-state index contributed by atoms with van der Waals surface area (Å²) in [7, 11) is 0. The molecule has 1 fully saturated rings. The molecular formula is C10H20N2O. The third-order valence-corrected chi connectivity index (χ3v) is 2.30. The molecule has 1 aliphatic heterocycles.